The summed E-state index contributed by atoms with van der Waals surface area (Å²) in [7, 11) is 0. The molecule has 1 heterocycles. The molecule has 0 bridgehead atoms. The van der Waals surface area contributed by atoms with Crippen LogP contribution < -0.4 is 15.4 Å². The number of benzene rings is 1. The van der Waals surface area contributed by atoms with Gasteiger partial charge in [-0.25, -0.2) is 0 Å². The van der Waals surface area contributed by atoms with Crippen molar-refractivity contribution in [1.82, 2.24) is 0 Å². The molecule has 0 radical (unpaired) electrons. The lowest BCUT2D eigenvalue weighted by molar-refractivity contribution is 0.0797. The highest BCUT2D eigenvalue weighted by Gasteiger charge is 2.32. The maximum absolute atomic E-state index is 9.61. The Hall–Kier alpha value is -1.46. The maximum atomic E-state index is 9.61. The summed E-state index contributed by atoms with van der Waals surface area (Å²) in [6.45, 7) is 4.73. The normalized spacial score (nSPS) is 19.0. The zero-order chi connectivity index (χ0) is 13.3. The summed E-state index contributed by atoms with van der Waals surface area (Å²) in [6, 6.07) is 5.46. The molecular formula is C13H20N2O3. The van der Waals surface area contributed by atoms with Gasteiger partial charge in [-0.3, -0.25) is 0 Å². The molecule has 4 N–H and O–H groups in total. The van der Waals surface area contributed by atoms with Gasteiger partial charge < -0.3 is 25.6 Å². The van der Waals surface area contributed by atoms with E-state index in [1.807, 2.05) is 30.9 Å². The molecule has 0 fully saturated rings. The maximum Gasteiger partial charge on any atom is 0.143 e. The SMILES string of the molecule is CC1(C)CN(CC(O)CO)c2cc(N)ccc2O1. The van der Waals surface area contributed by atoms with Gasteiger partial charge in [-0.1, -0.05) is 0 Å². The van der Waals surface area contributed by atoms with Crippen molar-refractivity contribution >= 4 is 11.4 Å². The first-order chi connectivity index (χ1) is 8.41. The molecule has 0 aliphatic carbocycles. The van der Waals surface area contributed by atoms with Crippen molar-refractivity contribution in [2.24, 2.45) is 0 Å². The first-order valence-electron chi connectivity index (χ1n) is 6.04. The molecular weight excluding hydrogens is 232 g/mol. The number of nitrogen functional groups attached to an aromatic ring is 1. The molecule has 0 saturated heterocycles. The molecule has 1 atom stereocenters. The van der Waals surface area contributed by atoms with Crippen LogP contribution in [0, 0.1) is 0 Å². The van der Waals surface area contributed by atoms with Crippen LogP contribution in [0.15, 0.2) is 18.2 Å². The molecule has 5 heteroatoms. The fourth-order valence-electron chi connectivity index (χ4n) is 2.22. The van der Waals surface area contributed by atoms with E-state index in [4.69, 9.17) is 15.6 Å². The zero-order valence-electron chi connectivity index (χ0n) is 10.8. The van der Waals surface area contributed by atoms with Crippen LogP contribution in [-0.4, -0.2) is 41.6 Å². The Labute approximate surface area is 107 Å². The summed E-state index contributed by atoms with van der Waals surface area (Å²) in [4.78, 5) is 2.00. The van der Waals surface area contributed by atoms with Crippen LogP contribution in [0.4, 0.5) is 11.4 Å². The average Bonchev–Trinajstić information content (AvgIpc) is 2.29. The number of aliphatic hydroxyl groups is 2. The van der Waals surface area contributed by atoms with E-state index in [9.17, 15) is 5.11 Å². The minimum Gasteiger partial charge on any atom is -0.484 e. The molecule has 0 aromatic heterocycles. The Morgan fingerprint density at radius 1 is 1.50 bits per heavy atom. The smallest absolute Gasteiger partial charge is 0.143 e. The molecule has 1 aromatic carbocycles. The van der Waals surface area contributed by atoms with E-state index in [1.54, 1.807) is 6.07 Å². The van der Waals surface area contributed by atoms with Crippen molar-refractivity contribution in [3.8, 4) is 5.75 Å². The summed E-state index contributed by atoms with van der Waals surface area (Å²) in [5.41, 5.74) is 6.96. The Balaban J connectivity index is 2.32. The van der Waals surface area contributed by atoms with E-state index in [0.717, 1.165) is 11.4 Å². The van der Waals surface area contributed by atoms with Crippen molar-refractivity contribution in [2.45, 2.75) is 25.6 Å². The van der Waals surface area contributed by atoms with Crippen LogP contribution in [0.1, 0.15) is 13.8 Å². The lowest BCUT2D eigenvalue weighted by Gasteiger charge is -2.41. The minimum atomic E-state index is -0.770. The number of hydrogen-bond donors (Lipinski definition) is 3. The van der Waals surface area contributed by atoms with Gasteiger partial charge in [0.25, 0.3) is 0 Å². The third-order valence-corrected chi connectivity index (χ3v) is 2.92. The minimum absolute atomic E-state index is 0.255. The molecule has 5 nitrogen and oxygen atoms in total. The Morgan fingerprint density at radius 3 is 2.89 bits per heavy atom. The van der Waals surface area contributed by atoms with Crippen molar-refractivity contribution in [2.75, 3.05) is 30.3 Å². The first-order valence-corrected chi connectivity index (χ1v) is 6.04. The van der Waals surface area contributed by atoms with Gasteiger partial charge in [0.1, 0.15) is 11.4 Å². The molecule has 1 aliphatic rings. The average molecular weight is 252 g/mol. The van der Waals surface area contributed by atoms with Gasteiger partial charge in [0.15, 0.2) is 0 Å². The fraction of sp³-hybridized carbons (Fsp3) is 0.538. The standard InChI is InChI=1S/C13H20N2O3/c1-13(2)8-15(6-10(17)7-16)11-5-9(14)3-4-12(11)18-13/h3-5,10,16-17H,6-8,14H2,1-2H3. The number of fused-ring (bicyclic) bond motifs is 1. The highest BCUT2D eigenvalue weighted by molar-refractivity contribution is 5.66. The van der Waals surface area contributed by atoms with Gasteiger partial charge >= 0.3 is 0 Å². The summed E-state index contributed by atoms with van der Waals surface area (Å²) >= 11 is 0. The number of β-amino-alcohol motifs (C(OH)–C–C–N with tert-alkyl or cyclic N) is 1. The first kappa shape index (κ1) is 13.0. The number of nitrogens with zero attached hydrogens (tertiary/aromatic N) is 1. The molecule has 100 valence electrons. The second-order valence-electron chi connectivity index (χ2n) is 5.31. The monoisotopic (exact) mass is 252 g/mol. The summed E-state index contributed by atoms with van der Waals surface area (Å²) in [6.07, 6.45) is -0.770. The number of anilines is 2. The summed E-state index contributed by atoms with van der Waals surface area (Å²) in [5.74, 6) is 0.755. The van der Waals surface area contributed by atoms with Crippen LogP contribution in [-0.2, 0) is 0 Å². The van der Waals surface area contributed by atoms with Crippen molar-refractivity contribution in [3.05, 3.63) is 18.2 Å². The molecule has 0 spiro atoms. The van der Waals surface area contributed by atoms with E-state index in [-0.39, 0.29) is 12.2 Å². The van der Waals surface area contributed by atoms with Crippen molar-refractivity contribution in [3.63, 3.8) is 0 Å². The van der Waals surface area contributed by atoms with Crippen molar-refractivity contribution < 1.29 is 14.9 Å². The summed E-state index contributed by atoms with van der Waals surface area (Å²) in [5, 5.41) is 18.6. The quantitative estimate of drug-likeness (QED) is 0.687. The predicted octanol–water partition coefficient (Wildman–Crippen LogP) is 0.599. The van der Waals surface area contributed by atoms with Gasteiger partial charge in [-0.2, -0.15) is 0 Å². The highest BCUT2D eigenvalue weighted by Crippen LogP contribution is 2.38. The number of rotatable bonds is 3. The Morgan fingerprint density at radius 2 is 2.22 bits per heavy atom. The van der Waals surface area contributed by atoms with E-state index in [0.29, 0.717) is 18.8 Å². The molecule has 0 saturated carbocycles. The van der Waals surface area contributed by atoms with E-state index in [1.165, 1.54) is 0 Å². The number of ether oxygens (including phenoxy) is 1. The van der Waals surface area contributed by atoms with Gasteiger partial charge in [0, 0.05) is 12.2 Å². The number of nitrogens with two attached hydrogens (primary N) is 1. The molecule has 0 amide bonds. The molecule has 1 unspecified atom stereocenters. The number of aliphatic hydroxyl groups excluding tert-OH is 2. The largest absolute Gasteiger partial charge is 0.484 e. The molecule has 18 heavy (non-hydrogen) atoms. The Bertz CT molecular complexity index is 434. The summed E-state index contributed by atoms with van der Waals surface area (Å²) < 4.78 is 5.88. The zero-order valence-corrected chi connectivity index (χ0v) is 10.8. The topological polar surface area (TPSA) is 79.0 Å². The number of hydrogen-bond acceptors (Lipinski definition) is 5. The van der Waals surface area contributed by atoms with Crippen LogP contribution >= 0.6 is 0 Å². The van der Waals surface area contributed by atoms with Gasteiger partial charge in [0.2, 0.25) is 0 Å². The molecule has 2 rings (SSSR count). The van der Waals surface area contributed by atoms with Crippen LogP contribution in [0.2, 0.25) is 0 Å². The fourth-order valence-corrected chi connectivity index (χ4v) is 2.22. The van der Waals surface area contributed by atoms with E-state index >= 15 is 0 Å². The van der Waals surface area contributed by atoms with E-state index in [2.05, 4.69) is 0 Å². The lowest BCUT2D eigenvalue weighted by Crippen LogP contribution is -2.49. The Kier molecular flexibility index (Phi) is 3.36. The van der Waals surface area contributed by atoms with Crippen molar-refractivity contribution in [1.29, 1.82) is 0 Å². The van der Waals surface area contributed by atoms with Crippen LogP contribution in [0.25, 0.3) is 0 Å². The lowest BCUT2D eigenvalue weighted by atomic mass is 10.0. The molecule has 1 aromatic rings. The van der Waals surface area contributed by atoms with Gasteiger partial charge in [-0.15, -0.1) is 0 Å². The van der Waals surface area contributed by atoms with Crippen LogP contribution in [0.5, 0.6) is 5.75 Å². The van der Waals surface area contributed by atoms with Crippen LogP contribution in [0.3, 0.4) is 0 Å². The third kappa shape index (κ3) is 2.68. The third-order valence-electron chi connectivity index (χ3n) is 2.92. The van der Waals surface area contributed by atoms with Gasteiger partial charge in [-0.05, 0) is 32.0 Å². The van der Waals surface area contributed by atoms with Gasteiger partial charge in [0.05, 0.1) is 24.9 Å². The predicted molar refractivity (Wildman–Crippen MR) is 70.9 cm³/mol. The molecule has 1 aliphatic heterocycles. The second-order valence-corrected chi connectivity index (χ2v) is 5.31. The highest BCUT2D eigenvalue weighted by atomic mass is 16.5. The van der Waals surface area contributed by atoms with E-state index < -0.39 is 6.10 Å². The second kappa shape index (κ2) is 4.66.